The fourth-order valence-electron chi connectivity index (χ4n) is 5.78. The second kappa shape index (κ2) is 12.1. The molecule has 6 nitrogen and oxygen atoms in total. The molecule has 6 heteroatoms. The van der Waals surface area contributed by atoms with Gasteiger partial charge in [0, 0.05) is 24.7 Å². The number of ether oxygens (including phenoxy) is 4. The number of carbonyl (C=O) groups is 2. The normalized spacial score (nSPS) is 26.9. The summed E-state index contributed by atoms with van der Waals surface area (Å²) < 4.78 is 23.7. The van der Waals surface area contributed by atoms with E-state index >= 15 is 0 Å². The van der Waals surface area contributed by atoms with Crippen LogP contribution in [0.15, 0.2) is 72.8 Å². The van der Waals surface area contributed by atoms with E-state index in [1.54, 1.807) is 14.2 Å². The molecule has 0 N–H and O–H groups in total. The summed E-state index contributed by atoms with van der Waals surface area (Å²) in [6.07, 6.45) is 9.55. The second-order valence-electron chi connectivity index (χ2n) is 9.92. The van der Waals surface area contributed by atoms with Crippen LogP contribution in [-0.2, 0) is 32.3 Å². The van der Waals surface area contributed by atoms with Gasteiger partial charge in [-0.3, -0.25) is 9.59 Å². The lowest BCUT2D eigenvalue weighted by molar-refractivity contribution is -0.177. The summed E-state index contributed by atoms with van der Waals surface area (Å²) in [5.41, 5.74) is -0.226. The maximum atomic E-state index is 13.6. The van der Waals surface area contributed by atoms with Gasteiger partial charge in [0.15, 0.2) is 11.6 Å². The van der Waals surface area contributed by atoms with E-state index in [0.717, 1.165) is 22.6 Å². The number of hydrogen-bond donors (Lipinski definition) is 0. The van der Waals surface area contributed by atoms with Crippen molar-refractivity contribution in [3.05, 3.63) is 84.0 Å². The van der Waals surface area contributed by atoms with Crippen molar-refractivity contribution < 1.29 is 28.5 Å². The van der Waals surface area contributed by atoms with E-state index < -0.39 is 11.2 Å². The van der Waals surface area contributed by atoms with E-state index in [1.807, 2.05) is 74.5 Å². The summed E-state index contributed by atoms with van der Waals surface area (Å²) in [5.74, 6) is 0.911. The molecule has 4 atom stereocenters. The van der Waals surface area contributed by atoms with Crippen molar-refractivity contribution >= 4 is 11.6 Å². The lowest BCUT2D eigenvalue weighted by atomic mass is 9.62. The van der Waals surface area contributed by atoms with E-state index in [9.17, 15) is 9.59 Å². The smallest absolute Gasteiger partial charge is 0.168 e. The van der Waals surface area contributed by atoms with Crippen molar-refractivity contribution in [3.63, 3.8) is 0 Å². The van der Waals surface area contributed by atoms with E-state index in [2.05, 4.69) is 12.2 Å². The third kappa shape index (κ3) is 5.33. The van der Waals surface area contributed by atoms with Crippen LogP contribution in [0.25, 0.3) is 0 Å². The number of Topliss-reactive ketones (excluding diaryl/α,β-unsaturated/α-hetero) is 2. The van der Waals surface area contributed by atoms with Gasteiger partial charge in [-0.2, -0.15) is 0 Å². The minimum Gasteiger partial charge on any atom is -0.497 e. The van der Waals surface area contributed by atoms with Crippen LogP contribution >= 0.6 is 0 Å². The molecule has 4 rings (SSSR count). The number of methoxy groups -OCH3 is 2. The van der Waals surface area contributed by atoms with Gasteiger partial charge in [0.05, 0.1) is 27.4 Å². The number of hydrogen-bond acceptors (Lipinski definition) is 6. The van der Waals surface area contributed by atoms with E-state index in [-0.39, 0.29) is 36.6 Å². The molecule has 2 unspecified atom stereocenters. The summed E-state index contributed by atoms with van der Waals surface area (Å²) in [6.45, 7) is 4.53. The predicted octanol–water partition coefficient (Wildman–Crippen LogP) is 6.03. The van der Waals surface area contributed by atoms with E-state index in [0.29, 0.717) is 25.7 Å². The molecule has 0 spiro atoms. The zero-order valence-corrected chi connectivity index (χ0v) is 22.8. The molecule has 0 amide bonds. The number of benzene rings is 2. The number of ketones is 2. The van der Waals surface area contributed by atoms with E-state index in [4.69, 9.17) is 18.9 Å². The van der Waals surface area contributed by atoms with Crippen LogP contribution in [0, 0.1) is 11.8 Å². The van der Waals surface area contributed by atoms with Crippen molar-refractivity contribution in [1.29, 1.82) is 0 Å². The van der Waals surface area contributed by atoms with Gasteiger partial charge in [-0.15, -0.1) is 0 Å². The average molecular weight is 519 g/mol. The van der Waals surface area contributed by atoms with Gasteiger partial charge in [-0.1, -0.05) is 62.4 Å². The summed E-state index contributed by atoms with van der Waals surface area (Å²) in [5, 5.41) is 0. The van der Waals surface area contributed by atoms with Crippen LogP contribution in [-0.4, -0.2) is 37.0 Å². The molecule has 0 radical (unpaired) electrons. The Bertz CT molecular complexity index is 1070. The first-order chi connectivity index (χ1) is 18.4. The predicted molar refractivity (Wildman–Crippen MR) is 146 cm³/mol. The molecule has 0 bridgehead atoms. The standard InChI is InChI=1S/C32H38O6/c1-5-31(37-21-23-13-17-25(35-3)18-14-23)27(9-7-11-29(31)33)28-10-8-12-30(34)32(28,6-2)38-22-24-15-19-26(36-4)20-16-24/h7-10,13-20,27-28H,5-6,11-12,21-22H2,1-4H3/t27?,28?,31-,32-/m1/s1. The van der Waals surface area contributed by atoms with Crippen LogP contribution in [0.1, 0.15) is 50.7 Å². The lowest BCUT2D eigenvalue weighted by Crippen LogP contribution is -2.59. The Morgan fingerprint density at radius 2 is 1.03 bits per heavy atom. The minimum atomic E-state index is -1.06. The Morgan fingerprint density at radius 1 is 0.658 bits per heavy atom. The van der Waals surface area contributed by atoms with Crippen molar-refractivity contribution in [1.82, 2.24) is 0 Å². The molecule has 38 heavy (non-hydrogen) atoms. The van der Waals surface area contributed by atoms with Crippen LogP contribution < -0.4 is 9.47 Å². The Balaban J connectivity index is 1.65. The quantitative estimate of drug-likeness (QED) is 0.339. The molecule has 2 aliphatic carbocycles. The molecule has 0 saturated carbocycles. The van der Waals surface area contributed by atoms with Gasteiger partial charge >= 0.3 is 0 Å². The number of allylic oxidation sites excluding steroid dienone is 2. The first kappa shape index (κ1) is 27.8. The molecule has 202 valence electrons. The van der Waals surface area contributed by atoms with Crippen LogP contribution in [0.4, 0.5) is 0 Å². The summed E-state index contributed by atoms with van der Waals surface area (Å²) in [4.78, 5) is 27.2. The highest BCUT2D eigenvalue weighted by atomic mass is 16.5. The molecule has 0 fully saturated rings. The lowest BCUT2D eigenvalue weighted by Gasteiger charge is -2.49. The Morgan fingerprint density at radius 3 is 1.34 bits per heavy atom. The van der Waals surface area contributed by atoms with Gasteiger partial charge in [-0.25, -0.2) is 0 Å². The first-order valence-corrected chi connectivity index (χ1v) is 13.4. The molecular weight excluding hydrogens is 480 g/mol. The van der Waals surface area contributed by atoms with Gasteiger partial charge < -0.3 is 18.9 Å². The zero-order valence-electron chi connectivity index (χ0n) is 22.8. The highest BCUT2D eigenvalue weighted by molar-refractivity contribution is 5.93. The maximum absolute atomic E-state index is 13.6. The topological polar surface area (TPSA) is 71.1 Å². The van der Waals surface area contributed by atoms with Crippen molar-refractivity contribution in [3.8, 4) is 11.5 Å². The fraction of sp³-hybridized carbons (Fsp3) is 0.438. The van der Waals surface area contributed by atoms with Gasteiger partial charge in [-0.05, 0) is 48.2 Å². The molecule has 0 aliphatic heterocycles. The largest absolute Gasteiger partial charge is 0.497 e. The number of rotatable bonds is 11. The molecule has 0 heterocycles. The molecular formula is C32H38O6. The monoisotopic (exact) mass is 518 g/mol. The summed E-state index contributed by atoms with van der Waals surface area (Å²) in [7, 11) is 3.26. The highest BCUT2D eigenvalue weighted by Gasteiger charge is 2.56. The van der Waals surface area contributed by atoms with Crippen molar-refractivity contribution in [2.75, 3.05) is 14.2 Å². The van der Waals surface area contributed by atoms with Gasteiger partial charge in [0.1, 0.15) is 22.7 Å². The van der Waals surface area contributed by atoms with Crippen LogP contribution in [0.2, 0.25) is 0 Å². The van der Waals surface area contributed by atoms with Gasteiger partial charge in [0.2, 0.25) is 0 Å². The highest BCUT2D eigenvalue weighted by Crippen LogP contribution is 2.47. The minimum absolute atomic E-state index is 0.0348. The fourth-order valence-corrected chi connectivity index (χ4v) is 5.78. The Labute approximate surface area is 225 Å². The molecule has 0 saturated heterocycles. The average Bonchev–Trinajstić information content (AvgIpc) is 2.96. The molecule has 2 aromatic carbocycles. The Kier molecular flexibility index (Phi) is 8.85. The van der Waals surface area contributed by atoms with Crippen LogP contribution in [0.3, 0.4) is 0 Å². The zero-order chi connectivity index (χ0) is 27.2. The Hall–Kier alpha value is -3.22. The molecule has 2 aliphatic rings. The summed E-state index contributed by atoms with van der Waals surface area (Å²) in [6, 6.07) is 15.3. The molecule has 2 aromatic rings. The van der Waals surface area contributed by atoms with E-state index in [1.165, 1.54) is 0 Å². The summed E-state index contributed by atoms with van der Waals surface area (Å²) >= 11 is 0. The maximum Gasteiger partial charge on any atom is 0.168 e. The van der Waals surface area contributed by atoms with Crippen molar-refractivity contribution in [2.45, 2.75) is 63.9 Å². The third-order valence-electron chi connectivity index (χ3n) is 8.06. The van der Waals surface area contributed by atoms with Crippen LogP contribution in [0.5, 0.6) is 11.5 Å². The van der Waals surface area contributed by atoms with Crippen molar-refractivity contribution in [2.24, 2.45) is 11.8 Å². The third-order valence-corrected chi connectivity index (χ3v) is 8.06. The molecule has 0 aromatic heterocycles. The second-order valence-corrected chi connectivity index (χ2v) is 9.92. The first-order valence-electron chi connectivity index (χ1n) is 13.4. The number of carbonyl (C=O) groups excluding carboxylic acids is 2. The SMILES string of the molecule is CC[C@]1(OCc2ccc(OC)cc2)C(=O)CC=CC1C1C=CCC(=O)[C@]1(CC)OCc1ccc(OC)cc1. The van der Waals surface area contributed by atoms with Gasteiger partial charge in [0.25, 0.3) is 0 Å².